The molecule has 1 aliphatic rings. The van der Waals surface area contributed by atoms with Crippen LogP contribution in [0.4, 0.5) is 11.5 Å². The molecule has 5 rings (SSSR count). The van der Waals surface area contributed by atoms with Gasteiger partial charge in [0.05, 0.1) is 23.8 Å². The second kappa shape index (κ2) is 6.09. The lowest BCUT2D eigenvalue weighted by Gasteiger charge is -2.07. The summed E-state index contributed by atoms with van der Waals surface area (Å²) in [6, 6.07) is 12.4. The smallest absolute Gasteiger partial charge is 0.306 e. The van der Waals surface area contributed by atoms with Crippen molar-refractivity contribution in [3.63, 3.8) is 0 Å². The molecule has 138 valence electrons. The number of benzene rings is 1. The lowest BCUT2D eigenvalue weighted by molar-refractivity contribution is -0.564. The Morgan fingerprint density at radius 2 is 2.21 bits per heavy atom. The number of amides is 1. The van der Waals surface area contributed by atoms with Gasteiger partial charge in [-0.05, 0) is 31.0 Å². The number of nitrogens with zero attached hydrogens (tertiary/aromatic N) is 4. The van der Waals surface area contributed by atoms with E-state index in [0.717, 1.165) is 35.2 Å². The summed E-state index contributed by atoms with van der Waals surface area (Å²) in [7, 11) is 0. The average molecular weight is 372 g/mol. The lowest BCUT2D eigenvalue weighted by Crippen LogP contribution is -2.30. The quantitative estimate of drug-likeness (QED) is 0.479. The van der Waals surface area contributed by atoms with Crippen molar-refractivity contribution >= 4 is 34.0 Å². The third-order valence-electron chi connectivity index (χ3n) is 4.83. The molecule has 1 fully saturated rings. The van der Waals surface area contributed by atoms with E-state index in [0.29, 0.717) is 23.1 Å². The summed E-state index contributed by atoms with van der Waals surface area (Å²) in [5.41, 5.74) is 2.71. The van der Waals surface area contributed by atoms with Crippen molar-refractivity contribution in [2.24, 2.45) is 0 Å². The Kier molecular flexibility index (Phi) is 3.55. The van der Waals surface area contributed by atoms with Gasteiger partial charge in [-0.15, -0.1) is 4.52 Å². The number of carbonyl (C=O) groups excluding carboxylic acids is 1. The van der Waals surface area contributed by atoms with Crippen LogP contribution < -0.4 is 15.1 Å². The topological polar surface area (TPSA) is 103 Å². The minimum Gasteiger partial charge on any atom is -0.326 e. The predicted molar refractivity (Wildman–Crippen MR) is 104 cm³/mol. The van der Waals surface area contributed by atoms with E-state index in [9.17, 15) is 10.1 Å². The third kappa shape index (κ3) is 2.74. The Labute approximate surface area is 160 Å². The van der Waals surface area contributed by atoms with E-state index in [1.165, 1.54) is 6.92 Å². The fraction of sp³-hybridized carbons (Fsp3) is 0.200. The molecule has 0 bridgehead atoms. The molecule has 0 unspecified atom stereocenters. The predicted octanol–water partition coefficient (Wildman–Crippen LogP) is 2.50. The van der Waals surface area contributed by atoms with Crippen LogP contribution in [0.1, 0.15) is 25.3 Å². The van der Waals surface area contributed by atoms with Gasteiger partial charge in [-0.1, -0.05) is 11.1 Å². The van der Waals surface area contributed by atoms with Crippen LogP contribution in [0, 0.1) is 11.3 Å². The van der Waals surface area contributed by atoms with Gasteiger partial charge in [-0.2, -0.15) is 5.26 Å². The molecule has 8 nitrogen and oxygen atoms in total. The Hall–Kier alpha value is -3.86. The van der Waals surface area contributed by atoms with Gasteiger partial charge in [0.25, 0.3) is 0 Å². The van der Waals surface area contributed by atoms with Gasteiger partial charge in [0.15, 0.2) is 0 Å². The highest BCUT2D eigenvalue weighted by Gasteiger charge is 2.28. The molecule has 1 aromatic carbocycles. The zero-order valence-corrected chi connectivity index (χ0v) is 15.2. The Balaban J connectivity index is 1.69. The second-order valence-electron chi connectivity index (χ2n) is 7.02. The molecule has 4 aromatic rings. The number of aromatic nitrogens is 4. The van der Waals surface area contributed by atoms with Crippen LogP contribution in [0.25, 0.3) is 22.4 Å². The average Bonchev–Trinajstić information content (AvgIpc) is 3.24. The number of nitrogens with one attached hydrogen (secondary N) is 3. The molecule has 3 heterocycles. The first-order valence-electron chi connectivity index (χ1n) is 9.12. The fourth-order valence-corrected chi connectivity index (χ4v) is 3.35. The number of hydrogen-bond donors (Lipinski definition) is 3. The van der Waals surface area contributed by atoms with Crippen molar-refractivity contribution in [1.29, 1.82) is 5.26 Å². The van der Waals surface area contributed by atoms with Crippen molar-refractivity contribution in [2.75, 3.05) is 10.6 Å². The summed E-state index contributed by atoms with van der Waals surface area (Å²) in [6.45, 7) is 1.49. The first-order valence-corrected chi connectivity index (χ1v) is 9.12. The van der Waals surface area contributed by atoms with Crippen LogP contribution in [0.5, 0.6) is 0 Å². The summed E-state index contributed by atoms with van der Waals surface area (Å²) in [4.78, 5) is 16.1. The van der Waals surface area contributed by atoms with E-state index >= 15 is 0 Å². The molecule has 1 amide bonds. The Morgan fingerprint density at radius 1 is 1.36 bits per heavy atom. The van der Waals surface area contributed by atoms with Crippen molar-refractivity contribution < 1.29 is 9.31 Å². The maximum atomic E-state index is 11.4. The molecule has 28 heavy (non-hydrogen) atoms. The number of aromatic amines is 1. The molecule has 3 aromatic heterocycles. The van der Waals surface area contributed by atoms with Crippen LogP contribution >= 0.6 is 0 Å². The molecule has 0 saturated heterocycles. The van der Waals surface area contributed by atoms with Gasteiger partial charge in [-0.25, -0.2) is 5.10 Å². The maximum absolute atomic E-state index is 11.4. The van der Waals surface area contributed by atoms with Crippen LogP contribution in [0.2, 0.25) is 0 Å². The molecule has 0 aliphatic heterocycles. The van der Waals surface area contributed by atoms with E-state index in [1.54, 1.807) is 10.7 Å². The third-order valence-corrected chi connectivity index (χ3v) is 4.83. The SMILES string of the molecule is CC(=O)Nc1ccc2ccn(-c3cc(NC4CC4)[n+]4[nH]cc(C#N)c4n3)c2c1. The summed E-state index contributed by atoms with van der Waals surface area (Å²) in [6.07, 6.45) is 5.88. The van der Waals surface area contributed by atoms with Gasteiger partial charge in [0.2, 0.25) is 17.5 Å². The molecule has 8 heteroatoms. The molecular weight excluding hydrogens is 354 g/mol. The summed E-state index contributed by atoms with van der Waals surface area (Å²) in [5, 5.41) is 19.9. The van der Waals surface area contributed by atoms with Crippen molar-refractivity contribution in [3.8, 4) is 11.9 Å². The highest BCUT2D eigenvalue weighted by atomic mass is 16.1. The largest absolute Gasteiger partial charge is 0.326 e. The standard InChI is InChI=1S/C20H17N7O/c1-12(28)23-16-3-2-13-6-7-26(17(13)8-16)18-9-19(24-15-4-5-15)27-20(25-18)14(10-21)11-22-27/h2-3,6-9,11,15H,4-5H2,1H3,(H2,22,23,24,25,28)/p+1. The van der Waals surface area contributed by atoms with Crippen molar-refractivity contribution in [1.82, 2.24) is 14.6 Å². The number of rotatable bonds is 4. The minimum absolute atomic E-state index is 0.115. The van der Waals surface area contributed by atoms with Gasteiger partial charge < -0.3 is 10.6 Å². The molecule has 0 spiro atoms. The number of carbonyl (C=O) groups is 1. The van der Waals surface area contributed by atoms with Gasteiger partial charge in [0.1, 0.15) is 11.6 Å². The number of H-pyrrole nitrogens is 1. The van der Waals surface area contributed by atoms with E-state index < -0.39 is 0 Å². The molecule has 0 radical (unpaired) electrons. The number of anilines is 2. The van der Waals surface area contributed by atoms with Gasteiger partial charge in [0, 0.05) is 24.2 Å². The summed E-state index contributed by atoms with van der Waals surface area (Å²) < 4.78 is 3.77. The molecular formula is C20H18N7O+. The zero-order chi connectivity index (χ0) is 19.3. The zero-order valence-electron chi connectivity index (χ0n) is 15.2. The lowest BCUT2D eigenvalue weighted by atomic mass is 10.2. The fourth-order valence-electron chi connectivity index (χ4n) is 3.35. The monoisotopic (exact) mass is 372 g/mol. The first-order chi connectivity index (χ1) is 13.6. The minimum atomic E-state index is -0.115. The van der Waals surface area contributed by atoms with Crippen LogP contribution in [0.15, 0.2) is 42.7 Å². The molecule has 1 saturated carbocycles. The van der Waals surface area contributed by atoms with Crippen molar-refractivity contribution in [2.45, 2.75) is 25.8 Å². The normalized spacial score (nSPS) is 13.6. The number of hydrogen-bond acceptors (Lipinski definition) is 4. The van der Waals surface area contributed by atoms with Crippen LogP contribution in [-0.2, 0) is 4.79 Å². The number of nitriles is 1. The van der Waals surface area contributed by atoms with E-state index in [-0.39, 0.29) is 5.91 Å². The van der Waals surface area contributed by atoms with E-state index in [4.69, 9.17) is 4.98 Å². The van der Waals surface area contributed by atoms with Crippen LogP contribution in [0.3, 0.4) is 0 Å². The summed E-state index contributed by atoms with van der Waals surface area (Å²) in [5.74, 6) is 1.45. The maximum Gasteiger partial charge on any atom is 0.306 e. The van der Waals surface area contributed by atoms with Gasteiger partial charge >= 0.3 is 5.65 Å². The molecule has 3 N–H and O–H groups in total. The van der Waals surface area contributed by atoms with E-state index in [2.05, 4.69) is 21.8 Å². The van der Waals surface area contributed by atoms with E-state index in [1.807, 2.05) is 41.1 Å². The molecule has 0 atom stereocenters. The Bertz CT molecular complexity index is 1270. The molecule has 1 aliphatic carbocycles. The van der Waals surface area contributed by atoms with Crippen molar-refractivity contribution in [3.05, 3.63) is 48.3 Å². The highest BCUT2D eigenvalue weighted by Crippen LogP contribution is 2.27. The Morgan fingerprint density at radius 3 is 2.96 bits per heavy atom. The first kappa shape index (κ1) is 16.3. The highest BCUT2D eigenvalue weighted by molar-refractivity contribution is 5.92. The second-order valence-corrected chi connectivity index (χ2v) is 7.02. The number of fused-ring (bicyclic) bond motifs is 2. The van der Waals surface area contributed by atoms with Crippen LogP contribution in [-0.4, -0.2) is 26.6 Å². The van der Waals surface area contributed by atoms with Gasteiger partial charge in [-0.3, -0.25) is 9.36 Å². The summed E-state index contributed by atoms with van der Waals surface area (Å²) >= 11 is 0.